The first-order valence-electron chi connectivity index (χ1n) is 6.66. The number of azo groups is 1. The normalized spacial score (nSPS) is 11.1. The van der Waals surface area contributed by atoms with Crippen LogP contribution in [0, 0.1) is 11.4 Å². The summed E-state index contributed by atoms with van der Waals surface area (Å²) >= 11 is 5.39. The number of nitrogens with two attached hydrogens (primary N) is 1. The maximum atomic E-state index is 5.90. The van der Waals surface area contributed by atoms with Crippen molar-refractivity contribution in [3.8, 4) is 11.3 Å². The van der Waals surface area contributed by atoms with Crippen LogP contribution in [-0.4, -0.2) is 15.2 Å². The molecule has 2 heterocycles. The Hall–Kier alpha value is -2.80. The number of aromatic amines is 2. The van der Waals surface area contributed by atoms with Crippen LogP contribution < -0.4 is 5.73 Å². The summed E-state index contributed by atoms with van der Waals surface area (Å²) in [5.74, 6) is 0.285. The van der Waals surface area contributed by atoms with Gasteiger partial charge in [-0.05, 0) is 25.1 Å². The smallest absolute Gasteiger partial charge is 0.173 e. The van der Waals surface area contributed by atoms with Crippen LogP contribution >= 0.6 is 12.2 Å². The Balaban J connectivity index is 2.09. The van der Waals surface area contributed by atoms with Gasteiger partial charge >= 0.3 is 0 Å². The molecule has 110 valence electrons. The van der Waals surface area contributed by atoms with Gasteiger partial charge in [-0.3, -0.25) is 5.10 Å². The number of hydrogen-bond donors (Lipinski definition) is 3. The predicted molar refractivity (Wildman–Crippen MR) is 89.0 cm³/mol. The van der Waals surface area contributed by atoms with Crippen molar-refractivity contribution in [1.29, 1.82) is 0 Å². The molecule has 0 aliphatic heterocycles. The molecular formula is C15H14N6S. The molecule has 3 aromatic rings. The third-order valence-electron chi connectivity index (χ3n) is 3.20. The molecule has 0 atom stereocenters. The van der Waals surface area contributed by atoms with E-state index in [-0.39, 0.29) is 5.82 Å². The number of aryl methyl sites for hydroxylation is 1. The Labute approximate surface area is 132 Å². The van der Waals surface area contributed by atoms with E-state index in [2.05, 4.69) is 25.4 Å². The predicted octanol–water partition coefficient (Wildman–Crippen LogP) is 4.44. The Morgan fingerprint density at radius 3 is 2.64 bits per heavy atom. The van der Waals surface area contributed by atoms with Crippen molar-refractivity contribution in [2.45, 2.75) is 6.92 Å². The number of H-pyrrole nitrogens is 2. The van der Waals surface area contributed by atoms with E-state index in [1.165, 1.54) is 0 Å². The molecule has 0 spiro atoms. The number of benzene rings is 1. The highest BCUT2D eigenvalue weighted by Crippen LogP contribution is 2.35. The minimum Gasteiger partial charge on any atom is -0.380 e. The van der Waals surface area contributed by atoms with Crippen molar-refractivity contribution in [2.75, 3.05) is 5.73 Å². The van der Waals surface area contributed by atoms with Gasteiger partial charge in [0.05, 0.1) is 15.9 Å². The highest BCUT2D eigenvalue weighted by atomic mass is 32.1. The van der Waals surface area contributed by atoms with E-state index < -0.39 is 0 Å². The fourth-order valence-electron chi connectivity index (χ4n) is 2.12. The highest BCUT2D eigenvalue weighted by Gasteiger charge is 2.15. The maximum absolute atomic E-state index is 5.90. The van der Waals surface area contributed by atoms with Crippen LogP contribution in [0.1, 0.15) is 5.69 Å². The first-order valence-corrected chi connectivity index (χ1v) is 7.07. The minimum absolute atomic E-state index is 0.285. The van der Waals surface area contributed by atoms with Crippen LogP contribution in [0.25, 0.3) is 11.3 Å². The van der Waals surface area contributed by atoms with E-state index in [4.69, 9.17) is 18.0 Å². The van der Waals surface area contributed by atoms with Gasteiger partial charge in [-0.15, -0.1) is 5.11 Å². The number of hydrogen-bond acceptors (Lipinski definition) is 5. The average Bonchev–Trinajstić information content (AvgIpc) is 2.87. The minimum atomic E-state index is 0.285. The lowest BCUT2D eigenvalue weighted by molar-refractivity contribution is 1.09. The lowest BCUT2D eigenvalue weighted by Gasteiger charge is -2.04. The zero-order chi connectivity index (χ0) is 15.5. The van der Waals surface area contributed by atoms with Crippen molar-refractivity contribution in [2.24, 2.45) is 10.2 Å². The number of nitrogen functional groups attached to an aromatic ring is 1. The summed E-state index contributed by atoms with van der Waals surface area (Å²) in [5.41, 5.74) is 9.52. The number of aromatic nitrogens is 3. The molecule has 0 unspecified atom stereocenters. The Morgan fingerprint density at radius 2 is 1.91 bits per heavy atom. The SMILES string of the molecule is Cc1[nH]ccc(=S)c1-c1[nH]nc(N)c1N=Nc1ccccc1. The second-order valence-electron chi connectivity index (χ2n) is 4.71. The quantitative estimate of drug-likeness (QED) is 0.493. The number of nitrogens with one attached hydrogen (secondary N) is 2. The van der Waals surface area contributed by atoms with E-state index in [0.717, 1.165) is 16.9 Å². The van der Waals surface area contributed by atoms with Crippen LogP contribution in [-0.2, 0) is 0 Å². The second-order valence-corrected chi connectivity index (χ2v) is 5.15. The van der Waals surface area contributed by atoms with Crippen molar-refractivity contribution >= 4 is 29.4 Å². The molecule has 6 nitrogen and oxygen atoms in total. The number of rotatable bonds is 3. The molecule has 0 aliphatic carbocycles. The molecule has 2 aromatic heterocycles. The van der Waals surface area contributed by atoms with Gasteiger partial charge in [-0.1, -0.05) is 30.4 Å². The van der Waals surface area contributed by atoms with Gasteiger partial charge in [0.15, 0.2) is 11.5 Å². The van der Waals surface area contributed by atoms with Crippen molar-refractivity contribution in [3.05, 3.63) is 52.8 Å². The van der Waals surface area contributed by atoms with Crippen molar-refractivity contribution in [1.82, 2.24) is 15.2 Å². The number of nitrogens with zero attached hydrogens (tertiary/aromatic N) is 3. The molecule has 7 heteroatoms. The van der Waals surface area contributed by atoms with Crippen LogP contribution in [0.5, 0.6) is 0 Å². The maximum Gasteiger partial charge on any atom is 0.173 e. The molecule has 0 radical (unpaired) electrons. The summed E-state index contributed by atoms with van der Waals surface area (Å²) in [6, 6.07) is 11.2. The average molecular weight is 310 g/mol. The second kappa shape index (κ2) is 5.90. The van der Waals surface area contributed by atoms with E-state index in [1.54, 1.807) is 6.20 Å². The van der Waals surface area contributed by atoms with Crippen LogP contribution in [0.15, 0.2) is 52.8 Å². The van der Waals surface area contributed by atoms with Gasteiger partial charge in [-0.2, -0.15) is 10.2 Å². The molecule has 4 N–H and O–H groups in total. The fourth-order valence-corrected chi connectivity index (χ4v) is 2.44. The van der Waals surface area contributed by atoms with Gasteiger partial charge in [0, 0.05) is 17.5 Å². The molecule has 0 saturated heterocycles. The molecule has 22 heavy (non-hydrogen) atoms. The zero-order valence-corrected chi connectivity index (χ0v) is 12.7. The summed E-state index contributed by atoms with van der Waals surface area (Å²) in [4.78, 5) is 3.12. The molecule has 0 fully saturated rings. The zero-order valence-electron chi connectivity index (χ0n) is 11.9. The van der Waals surface area contributed by atoms with Crippen LogP contribution in [0.4, 0.5) is 17.2 Å². The summed E-state index contributed by atoms with van der Waals surface area (Å²) in [6.07, 6.45) is 1.80. The third kappa shape index (κ3) is 2.66. The molecule has 1 aromatic carbocycles. The molecule has 3 rings (SSSR count). The standard InChI is InChI=1S/C15H14N6S/c1-9-12(11(22)7-8-17-9)13-14(15(16)21-19-13)20-18-10-5-3-2-4-6-10/h2-8H,1H3,(H,17,22)(H3,16,19,21). The van der Waals surface area contributed by atoms with Crippen molar-refractivity contribution < 1.29 is 0 Å². The van der Waals surface area contributed by atoms with Gasteiger partial charge in [0.1, 0.15) is 0 Å². The van der Waals surface area contributed by atoms with Gasteiger partial charge in [-0.25, -0.2) is 0 Å². The van der Waals surface area contributed by atoms with Crippen LogP contribution in [0.3, 0.4) is 0 Å². The molecule has 0 bridgehead atoms. The highest BCUT2D eigenvalue weighted by molar-refractivity contribution is 7.71. The largest absolute Gasteiger partial charge is 0.380 e. The van der Waals surface area contributed by atoms with E-state index in [1.807, 2.05) is 43.3 Å². The summed E-state index contributed by atoms with van der Waals surface area (Å²) < 4.78 is 0.691. The lowest BCUT2D eigenvalue weighted by atomic mass is 10.1. The first-order chi connectivity index (χ1) is 10.7. The third-order valence-corrected chi connectivity index (χ3v) is 3.54. The molecule has 0 amide bonds. The lowest BCUT2D eigenvalue weighted by Crippen LogP contribution is -1.89. The van der Waals surface area contributed by atoms with E-state index >= 15 is 0 Å². The summed E-state index contributed by atoms with van der Waals surface area (Å²) in [6.45, 7) is 1.93. The van der Waals surface area contributed by atoms with Gasteiger partial charge < -0.3 is 10.7 Å². The number of anilines is 1. The van der Waals surface area contributed by atoms with Gasteiger partial charge in [0.2, 0.25) is 0 Å². The topological polar surface area (TPSA) is 95.2 Å². The van der Waals surface area contributed by atoms with E-state index in [9.17, 15) is 0 Å². The number of pyridine rings is 1. The van der Waals surface area contributed by atoms with Crippen molar-refractivity contribution in [3.63, 3.8) is 0 Å². The summed E-state index contributed by atoms with van der Waals surface area (Å²) in [5, 5.41) is 15.4. The Morgan fingerprint density at radius 1 is 1.14 bits per heavy atom. The Kier molecular flexibility index (Phi) is 3.80. The molecule has 0 aliphatic rings. The first kappa shape index (κ1) is 14.2. The Bertz CT molecular complexity index is 879. The summed E-state index contributed by atoms with van der Waals surface area (Å²) in [7, 11) is 0. The van der Waals surface area contributed by atoms with E-state index in [0.29, 0.717) is 15.9 Å². The van der Waals surface area contributed by atoms with Gasteiger partial charge in [0.25, 0.3) is 0 Å². The fraction of sp³-hybridized carbons (Fsp3) is 0.0667. The monoisotopic (exact) mass is 310 g/mol. The van der Waals surface area contributed by atoms with Crippen LogP contribution in [0.2, 0.25) is 0 Å². The molecule has 0 saturated carbocycles. The molecular weight excluding hydrogens is 296 g/mol.